The first-order valence-corrected chi connectivity index (χ1v) is 4.61. The van der Waals surface area contributed by atoms with E-state index in [1.165, 1.54) is 14.0 Å². The Morgan fingerprint density at radius 1 is 1.25 bits per heavy atom. The summed E-state index contributed by atoms with van der Waals surface area (Å²) in [5, 5.41) is 2.47. The number of alkyl halides is 3. The van der Waals surface area contributed by atoms with E-state index in [1.54, 1.807) is 0 Å². The molecule has 0 bridgehead atoms. The summed E-state index contributed by atoms with van der Waals surface area (Å²) in [7, 11) is 1.44. The topological polar surface area (TPSA) is 37.8 Å². The molecule has 1 N–H and O–H groups in total. The summed E-state index contributed by atoms with van der Waals surface area (Å²) >= 11 is 0. The highest BCUT2D eigenvalue weighted by atomic mass is 19.4. The van der Waals surface area contributed by atoms with Crippen LogP contribution in [0.4, 0.5) is 23.4 Å². The van der Waals surface area contributed by atoms with Gasteiger partial charge in [0.1, 0.15) is 5.82 Å². The number of nitrogens with zero attached hydrogens (tertiary/aromatic N) is 2. The van der Waals surface area contributed by atoms with Gasteiger partial charge in [-0.15, -0.1) is 0 Å². The fourth-order valence-corrected chi connectivity index (χ4v) is 1.15. The first-order valence-electron chi connectivity index (χ1n) is 4.61. The molecular weight excluding hydrogens is 226 g/mol. The third kappa shape index (κ3) is 3.32. The van der Waals surface area contributed by atoms with Crippen LogP contribution in [-0.4, -0.2) is 23.2 Å². The van der Waals surface area contributed by atoms with Crippen molar-refractivity contribution < 1.29 is 17.6 Å². The minimum atomic E-state index is -4.26. The summed E-state index contributed by atoms with van der Waals surface area (Å²) in [4.78, 5) is 7.32. The van der Waals surface area contributed by atoms with Gasteiger partial charge in [0.15, 0.2) is 11.6 Å². The van der Waals surface area contributed by atoms with Crippen molar-refractivity contribution in [1.29, 1.82) is 0 Å². The van der Waals surface area contributed by atoms with Gasteiger partial charge in [0, 0.05) is 13.5 Å². The van der Waals surface area contributed by atoms with Gasteiger partial charge in [-0.1, -0.05) is 0 Å². The number of nitrogens with one attached hydrogen (secondary N) is 1. The summed E-state index contributed by atoms with van der Waals surface area (Å²) in [6.45, 7) is 1.38. The van der Waals surface area contributed by atoms with Crippen LogP contribution in [0.25, 0.3) is 0 Å². The lowest BCUT2D eigenvalue weighted by Gasteiger charge is -2.08. The van der Waals surface area contributed by atoms with Crippen LogP contribution in [0.2, 0.25) is 0 Å². The molecule has 0 spiro atoms. The molecule has 0 aliphatic carbocycles. The largest absolute Gasteiger partial charge is 0.389 e. The molecular formula is C9H11F4N3. The molecule has 3 nitrogen and oxygen atoms in total. The maximum absolute atomic E-state index is 13.2. The van der Waals surface area contributed by atoms with E-state index in [4.69, 9.17) is 0 Å². The van der Waals surface area contributed by atoms with Gasteiger partial charge in [0.2, 0.25) is 0 Å². The predicted octanol–water partition coefficient (Wildman–Crippen LogP) is 2.46. The van der Waals surface area contributed by atoms with E-state index in [1.807, 2.05) is 0 Å². The van der Waals surface area contributed by atoms with E-state index in [0.717, 1.165) is 0 Å². The number of anilines is 1. The van der Waals surface area contributed by atoms with Crippen LogP contribution in [0.15, 0.2) is 0 Å². The highest BCUT2D eigenvalue weighted by Gasteiger charge is 2.27. The summed E-state index contributed by atoms with van der Waals surface area (Å²) in [5.74, 6) is -0.733. The van der Waals surface area contributed by atoms with Crippen LogP contribution in [0.1, 0.15) is 17.9 Å². The van der Waals surface area contributed by atoms with E-state index >= 15 is 0 Å². The minimum Gasteiger partial charge on any atom is -0.371 e. The highest BCUT2D eigenvalue weighted by Crippen LogP contribution is 2.22. The molecule has 0 aliphatic heterocycles. The van der Waals surface area contributed by atoms with Crippen molar-refractivity contribution in [3.63, 3.8) is 0 Å². The lowest BCUT2D eigenvalue weighted by Crippen LogP contribution is -2.12. The van der Waals surface area contributed by atoms with E-state index in [2.05, 4.69) is 15.3 Å². The van der Waals surface area contributed by atoms with Crippen molar-refractivity contribution >= 4 is 5.82 Å². The molecule has 7 heteroatoms. The van der Waals surface area contributed by atoms with Crippen LogP contribution >= 0.6 is 0 Å². The highest BCUT2D eigenvalue weighted by molar-refractivity contribution is 5.37. The van der Waals surface area contributed by atoms with Crippen LogP contribution in [0.5, 0.6) is 0 Å². The molecule has 0 fully saturated rings. The molecule has 1 aromatic heterocycles. The first kappa shape index (κ1) is 12.7. The van der Waals surface area contributed by atoms with Gasteiger partial charge in [0.25, 0.3) is 0 Å². The van der Waals surface area contributed by atoms with Gasteiger partial charge in [-0.05, 0) is 6.92 Å². The molecule has 0 saturated carbocycles. The van der Waals surface area contributed by atoms with Crippen molar-refractivity contribution in [2.45, 2.75) is 25.9 Å². The lowest BCUT2D eigenvalue weighted by molar-refractivity contribution is -0.134. The molecule has 0 atom stereocenters. The number of hydrogen-bond donors (Lipinski definition) is 1. The van der Waals surface area contributed by atoms with E-state index < -0.39 is 18.4 Å². The molecule has 1 rings (SSSR count). The third-order valence-corrected chi connectivity index (χ3v) is 1.93. The molecule has 1 heterocycles. The average Bonchev–Trinajstić information content (AvgIpc) is 2.18. The molecule has 0 aliphatic rings. The van der Waals surface area contributed by atoms with E-state index in [9.17, 15) is 17.6 Å². The second kappa shape index (κ2) is 4.63. The Labute approximate surface area is 89.9 Å². The monoisotopic (exact) mass is 237 g/mol. The molecule has 16 heavy (non-hydrogen) atoms. The van der Waals surface area contributed by atoms with Crippen molar-refractivity contribution in [3.8, 4) is 0 Å². The zero-order chi connectivity index (χ0) is 12.3. The van der Waals surface area contributed by atoms with Gasteiger partial charge in [-0.3, -0.25) is 0 Å². The van der Waals surface area contributed by atoms with Crippen molar-refractivity contribution in [2.75, 3.05) is 12.4 Å². The van der Waals surface area contributed by atoms with E-state index in [-0.39, 0.29) is 23.8 Å². The SMILES string of the molecule is CNc1nc(CCC(F)(F)F)nc(C)c1F. The Morgan fingerprint density at radius 3 is 2.38 bits per heavy atom. The Kier molecular flexibility index (Phi) is 3.66. The molecule has 0 amide bonds. The number of aryl methyl sites for hydroxylation is 2. The van der Waals surface area contributed by atoms with E-state index in [0.29, 0.717) is 0 Å². The molecule has 0 aromatic carbocycles. The number of rotatable bonds is 3. The molecule has 0 unspecified atom stereocenters. The Morgan fingerprint density at radius 2 is 1.88 bits per heavy atom. The quantitative estimate of drug-likeness (QED) is 0.820. The number of hydrogen-bond acceptors (Lipinski definition) is 3. The summed E-state index contributed by atoms with van der Waals surface area (Å²) in [6, 6.07) is 0. The molecule has 1 aromatic rings. The second-order valence-electron chi connectivity index (χ2n) is 3.25. The lowest BCUT2D eigenvalue weighted by atomic mass is 10.2. The Bertz CT molecular complexity index is 376. The summed E-state index contributed by atoms with van der Waals surface area (Å²) in [6.07, 6.45) is -5.62. The summed E-state index contributed by atoms with van der Waals surface area (Å²) in [5.41, 5.74) is 0.0384. The third-order valence-electron chi connectivity index (χ3n) is 1.93. The zero-order valence-corrected chi connectivity index (χ0v) is 8.82. The average molecular weight is 237 g/mol. The van der Waals surface area contributed by atoms with Gasteiger partial charge < -0.3 is 5.32 Å². The first-order chi connectivity index (χ1) is 7.33. The zero-order valence-electron chi connectivity index (χ0n) is 8.82. The maximum atomic E-state index is 13.2. The maximum Gasteiger partial charge on any atom is 0.389 e. The fourth-order valence-electron chi connectivity index (χ4n) is 1.15. The standard InChI is InChI=1S/C9H11F4N3/c1-5-7(10)8(14-2)16-6(15-5)3-4-9(11,12)13/h3-4H2,1-2H3,(H,14,15,16). The van der Waals surface area contributed by atoms with Gasteiger partial charge in [-0.2, -0.15) is 13.2 Å². The van der Waals surface area contributed by atoms with Crippen molar-refractivity contribution in [1.82, 2.24) is 9.97 Å². The molecule has 0 radical (unpaired) electrons. The predicted molar refractivity (Wildman–Crippen MR) is 50.6 cm³/mol. The van der Waals surface area contributed by atoms with Crippen LogP contribution < -0.4 is 5.32 Å². The van der Waals surface area contributed by atoms with Gasteiger partial charge >= 0.3 is 6.18 Å². The van der Waals surface area contributed by atoms with Gasteiger partial charge in [-0.25, -0.2) is 14.4 Å². The van der Waals surface area contributed by atoms with Crippen LogP contribution in [-0.2, 0) is 6.42 Å². The van der Waals surface area contributed by atoms with Crippen molar-refractivity contribution in [2.24, 2.45) is 0 Å². The van der Waals surface area contributed by atoms with Crippen molar-refractivity contribution in [3.05, 3.63) is 17.3 Å². The Hall–Kier alpha value is -1.40. The normalized spacial score (nSPS) is 11.6. The van der Waals surface area contributed by atoms with Crippen LogP contribution in [0.3, 0.4) is 0 Å². The number of halogens is 4. The fraction of sp³-hybridized carbons (Fsp3) is 0.556. The van der Waals surface area contributed by atoms with Crippen LogP contribution in [0, 0.1) is 12.7 Å². The molecule has 0 saturated heterocycles. The second-order valence-corrected chi connectivity index (χ2v) is 3.25. The number of aromatic nitrogens is 2. The van der Waals surface area contributed by atoms with Gasteiger partial charge in [0.05, 0.1) is 12.1 Å². The minimum absolute atomic E-state index is 0.0134. The smallest absolute Gasteiger partial charge is 0.371 e. The molecule has 90 valence electrons. The summed E-state index contributed by atoms with van der Waals surface area (Å²) < 4.78 is 49.1. The Balaban J connectivity index is 2.86.